The van der Waals surface area contributed by atoms with Gasteiger partial charge in [0.2, 0.25) is 0 Å². The van der Waals surface area contributed by atoms with Crippen molar-refractivity contribution in [1.82, 2.24) is 4.57 Å². The molecule has 0 aromatic carbocycles. The first kappa shape index (κ1) is 11.8. The van der Waals surface area contributed by atoms with Crippen molar-refractivity contribution in [2.24, 2.45) is 0 Å². The van der Waals surface area contributed by atoms with E-state index >= 15 is 0 Å². The van der Waals surface area contributed by atoms with Crippen molar-refractivity contribution in [3.8, 4) is 0 Å². The Morgan fingerprint density at radius 3 is 2.80 bits per heavy atom. The van der Waals surface area contributed by atoms with E-state index in [4.69, 9.17) is 5.11 Å². The first-order valence-corrected chi connectivity index (χ1v) is 5.48. The van der Waals surface area contributed by atoms with Crippen molar-refractivity contribution in [3.63, 3.8) is 0 Å². The molecular formula is C11H19N2O2+. The van der Waals surface area contributed by atoms with E-state index in [0.29, 0.717) is 6.54 Å². The van der Waals surface area contributed by atoms with Gasteiger partial charge in [0.05, 0.1) is 13.0 Å². The summed E-state index contributed by atoms with van der Waals surface area (Å²) < 4.78 is 4.21. The van der Waals surface area contributed by atoms with Crippen LogP contribution in [0.15, 0.2) is 12.4 Å². The molecule has 0 fully saturated rings. The highest BCUT2D eigenvalue weighted by atomic mass is 16.4. The Kier molecular flexibility index (Phi) is 4.34. The molecule has 1 aromatic rings. The van der Waals surface area contributed by atoms with Gasteiger partial charge < -0.3 is 5.11 Å². The Balaban J connectivity index is 2.77. The maximum Gasteiger partial charge on any atom is 0.307 e. The zero-order valence-electron chi connectivity index (χ0n) is 9.44. The predicted octanol–water partition coefficient (Wildman–Crippen LogP) is 1.22. The zero-order valence-corrected chi connectivity index (χ0v) is 9.44. The van der Waals surface area contributed by atoms with Crippen molar-refractivity contribution >= 4 is 5.97 Å². The summed E-state index contributed by atoms with van der Waals surface area (Å²) in [6, 6.07) is 0. The molecule has 0 atom stereocenters. The van der Waals surface area contributed by atoms with Gasteiger partial charge >= 0.3 is 5.97 Å². The van der Waals surface area contributed by atoms with Crippen LogP contribution >= 0.6 is 0 Å². The molecule has 0 saturated heterocycles. The number of carboxylic acids is 1. The van der Waals surface area contributed by atoms with E-state index in [1.807, 2.05) is 17.0 Å². The quantitative estimate of drug-likeness (QED) is 0.719. The molecule has 1 rings (SSSR count). The van der Waals surface area contributed by atoms with Crippen LogP contribution in [-0.4, -0.2) is 15.6 Å². The Labute approximate surface area is 90.2 Å². The highest BCUT2D eigenvalue weighted by Crippen LogP contribution is 2.00. The molecule has 0 aliphatic rings. The molecule has 1 heterocycles. The summed E-state index contributed by atoms with van der Waals surface area (Å²) in [4.78, 5) is 10.5. The molecule has 1 aromatic heterocycles. The van der Waals surface area contributed by atoms with Crippen molar-refractivity contribution in [2.45, 2.75) is 46.2 Å². The zero-order chi connectivity index (χ0) is 11.3. The monoisotopic (exact) mass is 211 g/mol. The number of carbonyl (C=O) groups is 1. The fourth-order valence-electron chi connectivity index (χ4n) is 1.72. The van der Waals surface area contributed by atoms with Gasteiger partial charge in [0.15, 0.2) is 0 Å². The molecule has 0 unspecified atom stereocenters. The normalized spacial score (nSPS) is 10.5. The van der Waals surface area contributed by atoms with Crippen molar-refractivity contribution < 1.29 is 14.5 Å². The third-order valence-corrected chi connectivity index (χ3v) is 2.47. The molecule has 15 heavy (non-hydrogen) atoms. The lowest BCUT2D eigenvalue weighted by molar-refractivity contribution is -0.702. The largest absolute Gasteiger partial charge is 0.481 e. The van der Waals surface area contributed by atoms with E-state index in [1.165, 1.54) is 5.82 Å². The molecule has 0 aliphatic heterocycles. The maximum absolute atomic E-state index is 10.5. The number of aliphatic carboxylic acids is 1. The first-order valence-electron chi connectivity index (χ1n) is 5.48. The van der Waals surface area contributed by atoms with Crippen molar-refractivity contribution in [3.05, 3.63) is 18.2 Å². The number of imidazole rings is 1. The average Bonchev–Trinajstić information content (AvgIpc) is 2.58. The lowest BCUT2D eigenvalue weighted by Crippen LogP contribution is -2.38. The fourth-order valence-corrected chi connectivity index (χ4v) is 1.72. The van der Waals surface area contributed by atoms with Gasteiger partial charge in [-0.05, 0) is 13.3 Å². The number of hydrogen-bond donors (Lipinski definition) is 1. The number of aromatic nitrogens is 2. The summed E-state index contributed by atoms with van der Waals surface area (Å²) >= 11 is 0. The van der Waals surface area contributed by atoms with Gasteiger partial charge in [-0.3, -0.25) is 4.79 Å². The fraction of sp³-hybridized carbons (Fsp3) is 0.636. The first-order chi connectivity index (χ1) is 7.19. The van der Waals surface area contributed by atoms with Crippen LogP contribution in [0.25, 0.3) is 0 Å². The number of carboxylic acid groups (broad SMARTS) is 1. The van der Waals surface area contributed by atoms with Crippen LogP contribution in [0.2, 0.25) is 0 Å². The molecule has 4 nitrogen and oxygen atoms in total. The highest BCUT2D eigenvalue weighted by Gasteiger charge is 2.15. The molecule has 0 saturated carbocycles. The van der Waals surface area contributed by atoms with Gasteiger partial charge in [0.1, 0.15) is 18.9 Å². The van der Waals surface area contributed by atoms with Gasteiger partial charge in [-0.1, -0.05) is 6.92 Å². The highest BCUT2D eigenvalue weighted by molar-refractivity contribution is 5.66. The topological polar surface area (TPSA) is 46.1 Å². The second-order valence-electron chi connectivity index (χ2n) is 3.59. The van der Waals surface area contributed by atoms with Crippen molar-refractivity contribution in [1.29, 1.82) is 0 Å². The van der Waals surface area contributed by atoms with Crippen LogP contribution in [0.5, 0.6) is 0 Å². The van der Waals surface area contributed by atoms with Crippen LogP contribution in [0.1, 0.15) is 32.5 Å². The minimum atomic E-state index is -0.741. The van der Waals surface area contributed by atoms with Crippen LogP contribution in [0.3, 0.4) is 0 Å². The Morgan fingerprint density at radius 1 is 1.53 bits per heavy atom. The molecule has 1 N–H and O–H groups in total. The second-order valence-corrected chi connectivity index (χ2v) is 3.59. The third kappa shape index (κ3) is 3.08. The van der Waals surface area contributed by atoms with Crippen LogP contribution in [0, 0.1) is 0 Å². The standard InChI is InChI=1S/C11H18N2O2/c1-3-5-10-12(4-2)8-9-13(10)7-6-11(14)15/h8-9H,3-7H2,1-2H3/p+1. The van der Waals surface area contributed by atoms with E-state index in [2.05, 4.69) is 18.4 Å². The van der Waals surface area contributed by atoms with E-state index in [0.717, 1.165) is 19.4 Å². The average molecular weight is 211 g/mol. The molecule has 84 valence electrons. The summed E-state index contributed by atoms with van der Waals surface area (Å²) in [5, 5.41) is 8.64. The summed E-state index contributed by atoms with van der Waals surface area (Å²) in [6.07, 6.45) is 6.26. The van der Waals surface area contributed by atoms with E-state index in [1.54, 1.807) is 0 Å². The SMILES string of the molecule is CCCc1n(CC)cc[n+]1CCC(=O)O. The smallest absolute Gasteiger partial charge is 0.307 e. The summed E-state index contributed by atoms with van der Waals surface area (Å²) in [7, 11) is 0. The number of rotatable bonds is 6. The summed E-state index contributed by atoms with van der Waals surface area (Å²) in [5.74, 6) is 0.482. The van der Waals surface area contributed by atoms with Gasteiger partial charge in [0.25, 0.3) is 5.82 Å². The molecule has 4 heteroatoms. The van der Waals surface area contributed by atoms with Crippen LogP contribution < -0.4 is 4.57 Å². The third-order valence-electron chi connectivity index (χ3n) is 2.47. The molecular weight excluding hydrogens is 192 g/mol. The number of aryl methyl sites for hydroxylation is 2. The van der Waals surface area contributed by atoms with Gasteiger partial charge in [0, 0.05) is 6.42 Å². The Morgan fingerprint density at radius 2 is 2.27 bits per heavy atom. The summed E-state index contributed by atoms with van der Waals surface area (Å²) in [5.41, 5.74) is 0. The summed E-state index contributed by atoms with van der Waals surface area (Å²) in [6.45, 7) is 5.74. The Hall–Kier alpha value is -1.32. The van der Waals surface area contributed by atoms with Crippen LogP contribution in [0.4, 0.5) is 0 Å². The lowest BCUT2D eigenvalue weighted by atomic mass is 10.3. The minimum absolute atomic E-state index is 0.190. The van der Waals surface area contributed by atoms with Crippen molar-refractivity contribution in [2.75, 3.05) is 0 Å². The van der Waals surface area contributed by atoms with Gasteiger partial charge in [-0.2, -0.15) is 0 Å². The lowest BCUT2D eigenvalue weighted by Gasteiger charge is -2.01. The molecule has 0 radical (unpaired) electrons. The molecule has 0 aliphatic carbocycles. The van der Waals surface area contributed by atoms with Crippen LogP contribution in [-0.2, 0) is 24.3 Å². The number of hydrogen-bond acceptors (Lipinski definition) is 1. The van der Waals surface area contributed by atoms with Gasteiger partial charge in [-0.15, -0.1) is 0 Å². The minimum Gasteiger partial charge on any atom is -0.481 e. The molecule has 0 spiro atoms. The van der Waals surface area contributed by atoms with E-state index in [9.17, 15) is 4.79 Å². The number of nitrogens with zero attached hydrogens (tertiary/aromatic N) is 2. The predicted molar refractivity (Wildman–Crippen MR) is 56.5 cm³/mol. The maximum atomic E-state index is 10.5. The van der Waals surface area contributed by atoms with Gasteiger partial charge in [-0.25, -0.2) is 9.13 Å². The van der Waals surface area contributed by atoms with E-state index < -0.39 is 5.97 Å². The van der Waals surface area contributed by atoms with E-state index in [-0.39, 0.29) is 6.42 Å². The molecule has 0 amide bonds. The second kappa shape index (κ2) is 5.53. The Bertz CT molecular complexity index is 331. The molecule has 0 bridgehead atoms.